The zero-order chi connectivity index (χ0) is 21.3. The Labute approximate surface area is 180 Å². The maximum absolute atomic E-state index is 13.4. The minimum Gasteiger partial charge on any atom is -0.464 e. The molecule has 4 nitrogen and oxygen atoms in total. The van der Waals surface area contributed by atoms with Gasteiger partial charge in [-0.3, -0.25) is 9.36 Å². The van der Waals surface area contributed by atoms with Crippen molar-refractivity contribution in [1.29, 1.82) is 0 Å². The Kier molecular flexibility index (Phi) is 5.50. The lowest BCUT2D eigenvalue weighted by Gasteiger charge is -2.19. The van der Waals surface area contributed by atoms with Gasteiger partial charge in [-0.25, -0.2) is 9.18 Å². The highest BCUT2D eigenvalue weighted by molar-refractivity contribution is 9.10. The Morgan fingerprint density at radius 2 is 1.70 bits per heavy atom. The molecule has 1 aromatic heterocycles. The number of halogens is 2. The maximum Gasteiger partial charge on any atom is 0.355 e. The van der Waals surface area contributed by atoms with Gasteiger partial charge in [0.15, 0.2) is 0 Å². The molecule has 0 N–H and O–H groups in total. The fraction of sp³-hybridized carbons (Fsp3) is 0.0833. The predicted octanol–water partition coefficient (Wildman–Crippen LogP) is 5.41. The molecule has 4 rings (SSSR count). The van der Waals surface area contributed by atoms with Crippen molar-refractivity contribution in [2.24, 2.45) is 0 Å². The van der Waals surface area contributed by atoms with Crippen molar-refractivity contribution in [3.05, 3.63) is 105 Å². The molecule has 0 unspecified atom stereocenters. The second-order valence-corrected chi connectivity index (χ2v) is 7.70. The first-order valence-corrected chi connectivity index (χ1v) is 10.0. The molecule has 30 heavy (non-hydrogen) atoms. The van der Waals surface area contributed by atoms with E-state index < -0.39 is 5.97 Å². The van der Waals surface area contributed by atoms with Gasteiger partial charge in [0.1, 0.15) is 11.5 Å². The quantitative estimate of drug-likeness (QED) is 0.378. The van der Waals surface area contributed by atoms with E-state index >= 15 is 0 Å². The Morgan fingerprint density at radius 1 is 1.00 bits per heavy atom. The molecule has 0 atom stereocenters. The summed E-state index contributed by atoms with van der Waals surface area (Å²) < 4.78 is 20.6. The van der Waals surface area contributed by atoms with E-state index in [0.29, 0.717) is 21.9 Å². The molecule has 0 bridgehead atoms. The fourth-order valence-corrected chi connectivity index (χ4v) is 3.91. The third-order valence-corrected chi connectivity index (χ3v) is 5.42. The molecule has 4 aromatic rings. The lowest BCUT2D eigenvalue weighted by molar-refractivity contribution is 0.0588. The summed E-state index contributed by atoms with van der Waals surface area (Å²) in [5.41, 5.74) is 1.93. The molecular formula is C24H17BrFNO3. The molecule has 0 saturated heterocycles. The first-order valence-electron chi connectivity index (χ1n) is 9.24. The Balaban J connectivity index is 2.11. The summed E-state index contributed by atoms with van der Waals surface area (Å²) in [7, 11) is 1.29. The number of benzene rings is 3. The first kappa shape index (κ1) is 20.0. The molecule has 0 radical (unpaired) electrons. The lowest BCUT2D eigenvalue weighted by Crippen LogP contribution is -2.28. The van der Waals surface area contributed by atoms with Gasteiger partial charge in [-0.2, -0.15) is 0 Å². The molecule has 0 fully saturated rings. The van der Waals surface area contributed by atoms with Crippen LogP contribution in [-0.2, 0) is 11.3 Å². The average molecular weight is 466 g/mol. The van der Waals surface area contributed by atoms with E-state index in [-0.39, 0.29) is 23.6 Å². The second-order valence-electron chi connectivity index (χ2n) is 6.79. The second kappa shape index (κ2) is 8.24. The van der Waals surface area contributed by atoms with Gasteiger partial charge in [0.05, 0.1) is 13.7 Å². The van der Waals surface area contributed by atoms with E-state index in [9.17, 15) is 14.0 Å². The lowest BCUT2D eigenvalue weighted by atomic mass is 9.96. The van der Waals surface area contributed by atoms with E-state index in [4.69, 9.17) is 4.74 Å². The van der Waals surface area contributed by atoms with Crippen molar-refractivity contribution in [1.82, 2.24) is 4.57 Å². The number of pyridine rings is 1. The SMILES string of the molecule is COC(=O)c1c(-c2ccccc2)c2cc(Br)ccc2c(=O)n1Cc1ccc(F)cc1. The van der Waals surface area contributed by atoms with Crippen molar-refractivity contribution in [3.8, 4) is 11.1 Å². The van der Waals surface area contributed by atoms with E-state index in [2.05, 4.69) is 15.9 Å². The van der Waals surface area contributed by atoms with Crippen LogP contribution in [0.4, 0.5) is 4.39 Å². The fourth-order valence-electron chi connectivity index (χ4n) is 3.55. The zero-order valence-corrected chi connectivity index (χ0v) is 17.6. The van der Waals surface area contributed by atoms with Crippen molar-refractivity contribution in [2.75, 3.05) is 7.11 Å². The summed E-state index contributed by atoms with van der Waals surface area (Å²) in [4.78, 5) is 26.3. The maximum atomic E-state index is 13.4. The number of hydrogen-bond acceptors (Lipinski definition) is 3. The number of nitrogens with zero attached hydrogens (tertiary/aromatic N) is 1. The van der Waals surface area contributed by atoms with Crippen molar-refractivity contribution in [3.63, 3.8) is 0 Å². The summed E-state index contributed by atoms with van der Waals surface area (Å²) in [6, 6.07) is 20.6. The van der Waals surface area contributed by atoms with Crippen LogP contribution in [0.2, 0.25) is 0 Å². The number of aromatic nitrogens is 1. The number of methoxy groups -OCH3 is 1. The highest BCUT2D eigenvalue weighted by atomic mass is 79.9. The third kappa shape index (κ3) is 3.66. The largest absolute Gasteiger partial charge is 0.464 e. The molecule has 0 spiro atoms. The highest BCUT2D eigenvalue weighted by Gasteiger charge is 2.24. The first-order chi connectivity index (χ1) is 14.5. The van der Waals surface area contributed by atoms with Crippen molar-refractivity contribution >= 4 is 32.7 Å². The number of esters is 1. The van der Waals surface area contributed by atoms with Crippen LogP contribution in [-0.4, -0.2) is 17.6 Å². The summed E-state index contributed by atoms with van der Waals surface area (Å²) in [6.45, 7) is 0.107. The van der Waals surface area contributed by atoms with Gasteiger partial charge >= 0.3 is 5.97 Å². The van der Waals surface area contributed by atoms with E-state index in [1.54, 1.807) is 24.3 Å². The molecule has 0 aliphatic rings. The number of fused-ring (bicyclic) bond motifs is 1. The average Bonchev–Trinajstić information content (AvgIpc) is 2.76. The van der Waals surface area contributed by atoms with Crippen LogP contribution in [0, 0.1) is 5.82 Å². The van der Waals surface area contributed by atoms with Crippen molar-refractivity contribution < 1.29 is 13.9 Å². The predicted molar refractivity (Wildman–Crippen MR) is 118 cm³/mol. The molecule has 0 aliphatic heterocycles. The standard InChI is InChI=1S/C24H17BrFNO3/c1-30-24(29)22-21(16-5-3-2-4-6-16)20-13-17(25)9-12-19(20)23(28)27(22)14-15-7-10-18(26)11-8-15/h2-13H,14H2,1H3. The smallest absolute Gasteiger partial charge is 0.355 e. The van der Waals surface area contributed by atoms with Crippen molar-refractivity contribution in [2.45, 2.75) is 6.54 Å². The molecule has 1 heterocycles. The van der Waals surface area contributed by atoms with Gasteiger partial charge in [-0.05, 0) is 46.8 Å². The van der Waals surface area contributed by atoms with Crippen LogP contribution in [0.5, 0.6) is 0 Å². The molecule has 150 valence electrons. The van der Waals surface area contributed by atoms with Gasteiger partial charge in [0.2, 0.25) is 0 Å². The minimum atomic E-state index is -0.616. The zero-order valence-electron chi connectivity index (χ0n) is 16.1. The van der Waals surface area contributed by atoms with Crippen LogP contribution in [0.3, 0.4) is 0 Å². The number of carbonyl (C=O) groups is 1. The van der Waals surface area contributed by atoms with Gasteiger partial charge < -0.3 is 4.74 Å². The Bertz CT molecular complexity index is 1300. The molecule has 0 aliphatic carbocycles. The van der Waals surface area contributed by atoms with Gasteiger partial charge in [-0.15, -0.1) is 0 Å². The Morgan fingerprint density at radius 3 is 2.37 bits per heavy atom. The van der Waals surface area contributed by atoms with E-state index in [0.717, 1.165) is 10.0 Å². The molecule has 0 saturated carbocycles. The van der Waals surface area contributed by atoms with Gasteiger partial charge in [0, 0.05) is 15.4 Å². The van der Waals surface area contributed by atoms with Crippen LogP contribution >= 0.6 is 15.9 Å². The van der Waals surface area contributed by atoms with E-state index in [1.807, 2.05) is 36.4 Å². The van der Waals surface area contributed by atoms with Crippen LogP contribution in [0.1, 0.15) is 16.1 Å². The van der Waals surface area contributed by atoms with Gasteiger partial charge in [-0.1, -0.05) is 58.4 Å². The number of hydrogen-bond donors (Lipinski definition) is 0. The monoisotopic (exact) mass is 465 g/mol. The minimum absolute atomic E-state index is 0.107. The topological polar surface area (TPSA) is 48.3 Å². The molecular weight excluding hydrogens is 449 g/mol. The number of carbonyl (C=O) groups excluding carboxylic acids is 1. The summed E-state index contributed by atoms with van der Waals surface area (Å²) in [6.07, 6.45) is 0. The molecule has 0 amide bonds. The highest BCUT2D eigenvalue weighted by Crippen LogP contribution is 2.33. The molecule has 6 heteroatoms. The summed E-state index contributed by atoms with van der Waals surface area (Å²) >= 11 is 3.46. The summed E-state index contributed by atoms with van der Waals surface area (Å²) in [5.74, 6) is -0.984. The van der Waals surface area contributed by atoms with Crippen LogP contribution in [0.15, 0.2) is 82.1 Å². The normalized spacial score (nSPS) is 10.9. The summed E-state index contributed by atoms with van der Waals surface area (Å²) in [5, 5.41) is 1.13. The number of ether oxygens (including phenoxy) is 1. The molecule has 3 aromatic carbocycles. The van der Waals surface area contributed by atoms with Crippen LogP contribution < -0.4 is 5.56 Å². The number of rotatable bonds is 4. The van der Waals surface area contributed by atoms with Crippen LogP contribution in [0.25, 0.3) is 21.9 Å². The third-order valence-electron chi connectivity index (χ3n) is 4.93. The van der Waals surface area contributed by atoms with E-state index in [1.165, 1.54) is 23.8 Å². The van der Waals surface area contributed by atoms with Gasteiger partial charge in [0.25, 0.3) is 5.56 Å². The Hall–Kier alpha value is -3.25.